The lowest BCUT2D eigenvalue weighted by atomic mass is 10.1. The summed E-state index contributed by atoms with van der Waals surface area (Å²) in [4.78, 5) is 10.7. The van der Waals surface area contributed by atoms with Crippen LogP contribution in [0.1, 0.15) is 18.4 Å². The lowest BCUT2D eigenvalue weighted by Crippen LogP contribution is -2.32. The van der Waals surface area contributed by atoms with Gasteiger partial charge in [0.2, 0.25) is 0 Å². The predicted molar refractivity (Wildman–Crippen MR) is 79.2 cm³/mol. The number of alkyl halides is 1. The molecule has 6 heteroatoms. The average molecular weight is 381 g/mol. The normalized spacial score (nSPS) is 12.2. The Morgan fingerprint density at radius 2 is 2.21 bits per heavy atom. The molecule has 3 N–H and O–H groups in total. The molecule has 0 saturated heterocycles. The second-order valence-electron chi connectivity index (χ2n) is 4.15. The van der Waals surface area contributed by atoms with Crippen LogP contribution in [-0.4, -0.2) is 30.4 Å². The van der Waals surface area contributed by atoms with Crippen molar-refractivity contribution >= 4 is 28.6 Å². The number of unbranched alkanes of at least 4 members (excludes halogenated alkanes) is 1. The van der Waals surface area contributed by atoms with Crippen molar-refractivity contribution in [3.8, 4) is 5.75 Å². The fraction of sp³-hybridized carbons (Fsp3) is 0.462. The van der Waals surface area contributed by atoms with Gasteiger partial charge in [0.05, 0.1) is 13.3 Å². The minimum atomic E-state index is -1.02. The van der Waals surface area contributed by atoms with E-state index >= 15 is 0 Å². The Labute approximate surface area is 125 Å². The summed E-state index contributed by atoms with van der Waals surface area (Å²) in [5.41, 5.74) is 6.37. The van der Waals surface area contributed by atoms with Crippen molar-refractivity contribution in [2.75, 3.05) is 13.3 Å². The summed E-state index contributed by atoms with van der Waals surface area (Å²) in [5.74, 6) is -0.364. The summed E-state index contributed by atoms with van der Waals surface area (Å²) in [7, 11) is 0. The topological polar surface area (TPSA) is 72.5 Å². The number of hydrogen-bond donors (Lipinski definition) is 2. The van der Waals surface area contributed by atoms with Gasteiger partial charge in [-0.25, -0.2) is 0 Å². The van der Waals surface area contributed by atoms with Crippen LogP contribution in [0, 0.1) is 3.57 Å². The molecule has 1 aromatic rings. The van der Waals surface area contributed by atoms with Gasteiger partial charge < -0.3 is 15.6 Å². The maximum absolute atomic E-state index is 11.9. The molecule has 0 aromatic heterocycles. The number of rotatable bonds is 8. The van der Waals surface area contributed by atoms with E-state index < -0.39 is 12.0 Å². The van der Waals surface area contributed by atoms with Crippen LogP contribution in [0.15, 0.2) is 18.2 Å². The molecule has 4 nitrogen and oxygen atoms in total. The molecule has 0 bridgehead atoms. The fourth-order valence-corrected chi connectivity index (χ4v) is 2.06. The maximum Gasteiger partial charge on any atom is 0.320 e. The summed E-state index contributed by atoms with van der Waals surface area (Å²) >= 11 is 2.13. The summed E-state index contributed by atoms with van der Waals surface area (Å²) in [6.07, 6.45) is 1.41. The van der Waals surface area contributed by atoms with Crippen molar-refractivity contribution in [1.82, 2.24) is 0 Å². The number of ether oxygens (including phenoxy) is 1. The zero-order valence-corrected chi connectivity index (χ0v) is 12.6. The number of carboxylic acid groups (broad SMARTS) is 1. The Morgan fingerprint density at radius 3 is 2.84 bits per heavy atom. The second-order valence-corrected chi connectivity index (χ2v) is 5.31. The van der Waals surface area contributed by atoms with Gasteiger partial charge >= 0.3 is 5.97 Å². The van der Waals surface area contributed by atoms with E-state index in [0.717, 1.165) is 9.13 Å². The van der Waals surface area contributed by atoms with Gasteiger partial charge in [-0.1, -0.05) is 0 Å². The molecule has 0 heterocycles. The molecule has 1 unspecified atom stereocenters. The number of carbonyl (C=O) groups is 1. The van der Waals surface area contributed by atoms with Crippen molar-refractivity contribution in [3.63, 3.8) is 0 Å². The third-order valence-corrected chi connectivity index (χ3v) is 3.62. The molecule has 1 rings (SSSR count). The van der Waals surface area contributed by atoms with Gasteiger partial charge in [-0.2, -0.15) is 0 Å². The van der Waals surface area contributed by atoms with Crippen LogP contribution in [-0.2, 0) is 11.2 Å². The first-order valence-corrected chi connectivity index (χ1v) is 7.08. The molecule has 0 aliphatic carbocycles. The van der Waals surface area contributed by atoms with Gasteiger partial charge in [0.1, 0.15) is 11.8 Å². The lowest BCUT2D eigenvalue weighted by molar-refractivity contribution is -0.138. The smallest absolute Gasteiger partial charge is 0.320 e. The van der Waals surface area contributed by atoms with Crippen LogP contribution >= 0.6 is 22.6 Å². The maximum atomic E-state index is 11.9. The number of aliphatic carboxylic acids is 1. The highest BCUT2D eigenvalue weighted by atomic mass is 127. The van der Waals surface area contributed by atoms with E-state index in [0.29, 0.717) is 25.2 Å². The largest absolute Gasteiger partial charge is 0.494 e. The highest BCUT2D eigenvalue weighted by Gasteiger charge is 2.14. The molecule has 19 heavy (non-hydrogen) atoms. The third kappa shape index (κ3) is 5.73. The van der Waals surface area contributed by atoms with Crippen molar-refractivity contribution in [2.45, 2.75) is 25.3 Å². The number of benzene rings is 1. The van der Waals surface area contributed by atoms with Crippen LogP contribution in [0.25, 0.3) is 0 Å². The van der Waals surface area contributed by atoms with Gasteiger partial charge in [0, 0.05) is 3.57 Å². The number of nitrogens with two attached hydrogens (primary N) is 1. The minimum absolute atomic E-state index is 0.259. The highest BCUT2D eigenvalue weighted by Crippen LogP contribution is 2.21. The van der Waals surface area contributed by atoms with Crippen LogP contribution in [0.3, 0.4) is 0 Å². The van der Waals surface area contributed by atoms with E-state index in [-0.39, 0.29) is 13.1 Å². The molecular formula is C13H17FINO3. The van der Waals surface area contributed by atoms with Crippen LogP contribution in [0.2, 0.25) is 0 Å². The summed E-state index contributed by atoms with van der Waals surface area (Å²) < 4.78 is 18.4. The Morgan fingerprint density at radius 1 is 1.47 bits per heavy atom. The molecule has 0 fully saturated rings. The van der Waals surface area contributed by atoms with Gasteiger partial charge in [0.15, 0.2) is 0 Å². The summed E-state index contributed by atoms with van der Waals surface area (Å²) in [6.45, 7) is 0.115. The van der Waals surface area contributed by atoms with Crippen LogP contribution in [0.4, 0.5) is 4.39 Å². The van der Waals surface area contributed by atoms with Crippen molar-refractivity contribution in [2.24, 2.45) is 5.73 Å². The van der Waals surface area contributed by atoms with Crippen LogP contribution in [0.5, 0.6) is 5.75 Å². The number of halogens is 2. The van der Waals surface area contributed by atoms with Gasteiger partial charge in [-0.15, -0.1) is 0 Å². The molecule has 1 atom stereocenters. The number of hydrogen-bond acceptors (Lipinski definition) is 3. The predicted octanol–water partition coefficient (Wildman–Crippen LogP) is 2.37. The van der Waals surface area contributed by atoms with Crippen molar-refractivity contribution in [1.29, 1.82) is 0 Å². The van der Waals surface area contributed by atoms with E-state index in [1.165, 1.54) is 0 Å². The van der Waals surface area contributed by atoms with E-state index in [4.69, 9.17) is 15.6 Å². The Hall–Kier alpha value is -0.890. The van der Waals surface area contributed by atoms with Gasteiger partial charge in [-0.05, 0) is 65.6 Å². The van der Waals surface area contributed by atoms with E-state index in [1.54, 1.807) is 6.07 Å². The minimum Gasteiger partial charge on any atom is -0.494 e. The quantitative estimate of drug-likeness (QED) is 0.536. The first-order chi connectivity index (χ1) is 9.04. The Kier molecular flexibility index (Phi) is 7.07. The average Bonchev–Trinajstić information content (AvgIpc) is 2.38. The number of carboxylic acids is 1. The van der Waals surface area contributed by atoms with Gasteiger partial charge in [-0.3, -0.25) is 9.18 Å². The molecule has 0 amide bonds. The molecule has 106 valence electrons. The summed E-state index contributed by atoms with van der Waals surface area (Å²) in [5, 5.41) is 8.81. The van der Waals surface area contributed by atoms with Crippen LogP contribution < -0.4 is 10.5 Å². The zero-order valence-electron chi connectivity index (χ0n) is 10.4. The van der Waals surface area contributed by atoms with E-state index in [1.807, 2.05) is 12.1 Å². The first-order valence-electron chi connectivity index (χ1n) is 6.00. The van der Waals surface area contributed by atoms with E-state index in [2.05, 4.69) is 22.6 Å². The highest BCUT2D eigenvalue weighted by molar-refractivity contribution is 14.1. The Bertz CT molecular complexity index is 428. The summed E-state index contributed by atoms with van der Waals surface area (Å²) in [6, 6.07) is 4.54. The SMILES string of the molecule is NC(Cc1cc(OCCCCF)ccc1I)C(=O)O. The zero-order chi connectivity index (χ0) is 14.3. The molecule has 0 aliphatic rings. The Balaban J connectivity index is 2.63. The van der Waals surface area contributed by atoms with Gasteiger partial charge in [0.25, 0.3) is 0 Å². The molecule has 0 spiro atoms. The molecule has 0 saturated carbocycles. The fourth-order valence-electron chi connectivity index (χ4n) is 1.51. The lowest BCUT2D eigenvalue weighted by Gasteiger charge is -2.11. The monoisotopic (exact) mass is 381 g/mol. The van der Waals surface area contributed by atoms with Crippen molar-refractivity contribution < 1.29 is 19.0 Å². The molecule has 0 radical (unpaired) electrons. The third-order valence-electron chi connectivity index (χ3n) is 2.57. The standard InChI is InChI=1S/C13H17FINO3/c14-5-1-2-6-19-10-3-4-11(15)9(7-10)8-12(16)13(17)18/h3-4,7,12H,1-2,5-6,8,16H2,(H,17,18). The molecule has 0 aliphatic heterocycles. The van der Waals surface area contributed by atoms with Crippen molar-refractivity contribution in [3.05, 3.63) is 27.3 Å². The molecular weight excluding hydrogens is 364 g/mol. The first kappa shape index (κ1) is 16.2. The molecule has 1 aromatic carbocycles. The van der Waals surface area contributed by atoms with E-state index in [9.17, 15) is 9.18 Å². The second kappa shape index (κ2) is 8.31.